The number of rotatable bonds is 2. The highest BCUT2D eigenvalue weighted by Gasteiger charge is 2.57. The number of benzene rings is 1. The van der Waals surface area contributed by atoms with Crippen molar-refractivity contribution in [1.29, 1.82) is 0 Å². The molecule has 6 nitrogen and oxygen atoms in total. The van der Waals surface area contributed by atoms with E-state index in [-0.39, 0.29) is 0 Å². The highest BCUT2D eigenvalue weighted by molar-refractivity contribution is 5.50. The summed E-state index contributed by atoms with van der Waals surface area (Å²) in [5.74, 6) is 1.33. The number of aryl methyl sites for hydroxylation is 1. The normalized spacial score (nSPS) is 36.7. The highest BCUT2D eigenvalue weighted by Crippen LogP contribution is 2.49. The smallest absolute Gasteiger partial charge is 0.228 e. The third-order valence-electron chi connectivity index (χ3n) is 4.75. The van der Waals surface area contributed by atoms with E-state index >= 15 is 0 Å². The summed E-state index contributed by atoms with van der Waals surface area (Å²) in [6.45, 7) is 3.74. The van der Waals surface area contributed by atoms with E-state index < -0.39 is 30.1 Å². The fourth-order valence-electron chi connectivity index (χ4n) is 3.45. The average molecular weight is 309 g/mol. The van der Waals surface area contributed by atoms with Crippen LogP contribution in [0.3, 0.4) is 0 Å². The third kappa shape index (κ3) is 2.02. The molecular weight excluding hydrogens is 286 g/mol. The molecule has 0 spiro atoms. The van der Waals surface area contributed by atoms with Crippen LogP contribution in [0.25, 0.3) is 0 Å². The van der Waals surface area contributed by atoms with Gasteiger partial charge in [0.05, 0.1) is 13.2 Å². The Morgan fingerprint density at radius 1 is 1.27 bits per heavy atom. The van der Waals surface area contributed by atoms with E-state index in [1.807, 2.05) is 40.1 Å². The molecule has 3 rings (SSSR count). The number of aliphatic hydroxyl groups excluding tert-OH is 2. The lowest BCUT2D eigenvalue weighted by Gasteiger charge is -2.53. The van der Waals surface area contributed by atoms with Gasteiger partial charge in [0.1, 0.15) is 29.3 Å². The summed E-state index contributed by atoms with van der Waals surface area (Å²) in [5, 5.41) is 21.3. The first-order valence-electron chi connectivity index (χ1n) is 7.35. The minimum Gasteiger partial charge on any atom is -0.496 e. The number of likely N-dealkylation sites (N-methyl/N-ethyl adjacent to an activating group) is 1. The second-order valence-corrected chi connectivity index (χ2v) is 6.42. The molecule has 1 saturated heterocycles. The van der Waals surface area contributed by atoms with Crippen LogP contribution in [0.5, 0.6) is 11.5 Å². The number of nitrogens with zero attached hydrogens (tertiary/aromatic N) is 1. The minimum absolute atomic E-state index is 0.482. The average Bonchev–Trinajstić information content (AvgIpc) is 2.44. The Hall–Kier alpha value is -1.34. The molecule has 2 aliphatic rings. The van der Waals surface area contributed by atoms with Crippen LogP contribution in [0, 0.1) is 6.92 Å². The van der Waals surface area contributed by atoms with Crippen molar-refractivity contribution in [3.8, 4) is 11.5 Å². The van der Waals surface area contributed by atoms with Gasteiger partial charge >= 0.3 is 0 Å². The zero-order valence-corrected chi connectivity index (χ0v) is 13.5. The monoisotopic (exact) mass is 309 g/mol. The molecule has 0 unspecified atom stereocenters. The topological polar surface area (TPSA) is 71.4 Å². The summed E-state index contributed by atoms with van der Waals surface area (Å²) in [6.07, 6.45) is -2.64. The van der Waals surface area contributed by atoms with Crippen molar-refractivity contribution in [3.63, 3.8) is 0 Å². The summed E-state index contributed by atoms with van der Waals surface area (Å²) >= 11 is 0. The molecule has 22 heavy (non-hydrogen) atoms. The van der Waals surface area contributed by atoms with Crippen molar-refractivity contribution in [2.75, 3.05) is 21.2 Å². The lowest BCUT2D eigenvalue weighted by Crippen LogP contribution is -2.68. The predicted molar refractivity (Wildman–Crippen MR) is 80.1 cm³/mol. The van der Waals surface area contributed by atoms with Gasteiger partial charge in [-0.15, -0.1) is 0 Å². The Balaban J connectivity index is 2.15. The Kier molecular flexibility index (Phi) is 3.60. The summed E-state index contributed by atoms with van der Waals surface area (Å²) < 4.78 is 17.1. The SMILES string of the molecule is COc1cc2c(cc1C)O[C@@H]1O[C@@]2(C)[C@H](O)[C@@H](N(C)C)[C@@H]1O. The molecule has 0 radical (unpaired) electrons. The van der Waals surface area contributed by atoms with E-state index in [9.17, 15) is 10.2 Å². The number of ether oxygens (including phenoxy) is 3. The van der Waals surface area contributed by atoms with Crippen molar-refractivity contribution in [2.45, 2.75) is 44.0 Å². The first-order valence-corrected chi connectivity index (χ1v) is 7.35. The molecule has 2 bridgehead atoms. The van der Waals surface area contributed by atoms with Crippen molar-refractivity contribution >= 4 is 0 Å². The summed E-state index contributed by atoms with van der Waals surface area (Å²) in [7, 11) is 5.24. The van der Waals surface area contributed by atoms with E-state index in [0.717, 1.165) is 11.1 Å². The van der Waals surface area contributed by atoms with Crippen LogP contribution in [-0.2, 0) is 10.3 Å². The highest BCUT2D eigenvalue weighted by atomic mass is 16.7. The van der Waals surface area contributed by atoms with E-state index in [0.29, 0.717) is 11.5 Å². The van der Waals surface area contributed by atoms with Gasteiger partial charge in [-0.05, 0) is 45.6 Å². The second-order valence-electron chi connectivity index (χ2n) is 6.42. The largest absolute Gasteiger partial charge is 0.496 e. The van der Waals surface area contributed by atoms with Crippen molar-refractivity contribution in [2.24, 2.45) is 0 Å². The summed E-state index contributed by atoms with van der Waals surface area (Å²) in [5.41, 5.74) is 0.698. The van der Waals surface area contributed by atoms with Crippen molar-refractivity contribution < 1.29 is 24.4 Å². The van der Waals surface area contributed by atoms with Crippen LogP contribution in [0.4, 0.5) is 0 Å². The van der Waals surface area contributed by atoms with Crippen LogP contribution >= 0.6 is 0 Å². The molecule has 1 aromatic rings. The molecule has 6 heteroatoms. The molecule has 2 heterocycles. The van der Waals surface area contributed by atoms with E-state index in [1.165, 1.54) is 0 Å². The van der Waals surface area contributed by atoms with Gasteiger partial charge < -0.3 is 29.3 Å². The molecule has 0 amide bonds. The first-order chi connectivity index (χ1) is 10.3. The van der Waals surface area contributed by atoms with Gasteiger partial charge in [0.15, 0.2) is 0 Å². The number of hydrogen-bond donors (Lipinski definition) is 2. The molecule has 5 atom stereocenters. The van der Waals surface area contributed by atoms with Gasteiger partial charge in [-0.3, -0.25) is 0 Å². The standard InChI is InChI=1S/C16H23NO5/c1-8-6-11-9(7-10(8)20-5)16(2)14(19)12(17(3)4)13(18)15(21-11)22-16/h6-7,12-15,18-19H,1-5H3/t12-,13-,14+,15+,16+/m0/s1. The Morgan fingerprint density at radius 3 is 2.55 bits per heavy atom. The van der Waals surface area contributed by atoms with Crippen LogP contribution in [-0.4, -0.2) is 60.9 Å². The molecule has 122 valence electrons. The van der Waals surface area contributed by atoms with Gasteiger partial charge in [-0.2, -0.15) is 0 Å². The zero-order chi connectivity index (χ0) is 16.2. The summed E-state index contributed by atoms with van der Waals surface area (Å²) in [6, 6.07) is 3.22. The van der Waals surface area contributed by atoms with Crippen LogP contribution in [0.1, 0.15) is 18.1 Å². The number of aliphatic hydroxyl groups is 2. The van der Waals surface area contributed by atoms with Gasteiger partial charge in [0, 0.05) is 5.56 Å². The number of methoxy groups -OCH3 is 1. The second kappa shape index (κ2) is 5.09. The Bertz CT molecular complexity index is 590. The van der Waals surface area contributed by atoms with E-state index in [4.69, 9.17) is 14.2 Å². The van der Waals surface area contributed by atoms with E-state index in [1.54, 1.807) is 12.0 Å². The van der Waals surface area contributed by atoms with Gasteiger partial charge in [-0.25, -0.2) is 0 Å². The van der Waals surface area contributed by atoms with E-state index in [2.05, 4.69) is 0 Å². The van der Waals surface area contributed by atoms with Crippen molar-refractivity contribution in [1.82, 2.24) is 4.90 Å². The van der Waals surface area contributed by atoms with Gasteiger partial charge in [0.25, 0.3) is 0 Å². The molecule has 2 N–H and O–H groups in total. The van der Waals surface area contributed by atoms with Crippen molar-refractivity contribution in [3.05, 3.63) is 23.3 Å². The Morgan fingerprint density at radius 2 is 1.95 bits per heavy atom. The van der Waals surface area contributed by atoms with Gasteiger partial charge in [0.2, 0.25) is 6.29 Å². The number of fused-ring (bicyclic) bond motifs is 4. The molecule has 1 aromatic carbocycles. The van der Waals surface area contributed by atoms with Crippen LogP contribution in [0.2, 0.25) is 0 Å². The maximum absolute atomic E-state index is 10.8. The molecule has 0 aromatic heterocycles. The Labute approximate surface area is 130 Å². The fraction of sp³-hybridized carbons (Fsp3) is 0.625. The molecular formula is C16H23NO5. The number of hydrogen-bond acceptors (Lipinski definition) is 6. The first kappa shape index (κ1) is 15.6. The van der Waals surface area contributed by atoms with Gasteiger partial charge in [-0.1, -0.05) is 0 Å². The van der Waals surface area contributed by atoms with Crippen LogP contribution < -0.4 is 9.47 Å². The molecule has 1 fully saturated rings. The fourth-order valence-corrected chi connectivity index (χ4v) is 3.45. The maximum Gasteiger partial charge on any atom is 0.228 e. The third-order valence-corrected chi connectivity index (χ3v) is 4.75. The zero-order valence-electron chi connectivity index (χ0n) is 13.5. The predicted octanol–water partition coefficient (Wildman–Crippen LogP) is 0.620. The quantitative estimate of drug-likeness (QED) is 0.834. The molecule has 2 aliphatic heterocycles. The summed E-state index contributed by atoms with van der Waals surface area (Å²) in [4.78, 5) is 1.79. The minimum atomic E-state index is -0.965. The molecule has 0 saturated carbocycles. The lowest BCUT2D eigenvalue weighted by atomic mass is 9.79. The lowest BCUT2D eigenvalue weighted by molar-refractivity contribution is -0.311. The molecule has 0 aliphatic carbocycles. The maximum atomic E-state index is 10.8. The van der Waals surface area contributed by atoms with Crippen LogP contribution in [0.15, 0.2) is 12.1 Å².